The molecule has 1 aliphatic heterocycles. The van der Waals surface area contributed by atoms with Crippen LogP contribution in [0.15, 0.2) is 11.1 Å². The minimum absolute atomic E-state index is 0.0624. The molecule has 4 atom stereocenters. The van der Waals surface area contributed by atoms with E-state index in [9.17, 15) is 14.3 Å². The number of hydrogen-bond donors (Lipinski definition) is 4. The number of nitrogens with two attached hydrogens (primary N) is 1. The fourth-order valence-electron chi connectivity index (χ4n) is 2.48. The largest absolute Gasteiger partial charge is 0.394 e. The predicted molar refractivity (Wildman–Crippen MR) is 70.4 cm³/mol. The summed E-state index contributed by atoms with van der Waals surface area (Å²) in [6.45, 7) is -0.612. The number of alkyl halides is 1. The maximum absolute atomic E-state index is 14.9. The third-order valence-electron chi connectivity index (χ3n) is 3.61. The van der Waals surface area contributed by atoms with Gasteiger partial charge in [0.25, 0.3) is 5.85 Å². The van der Waals surface area contributed by atoms with Crippen LogP contribution >= 0.6 is 0 Å². The summed E-state index contributed by atoms with van der Waals surface area (Å²) in [7, 11) is 1.05. The molecule has 0 bridgehead atoms. The number of H-pyrrole nitrogens is 1. The normalized spacial score (nSPS) is 31.9. The van der Waals surface area contributed by atoms with E-state index in [0.717, 1.165) is 18.0 Å². The van der Waals surface area contributed by atoms with E-state index in [1.807, 2.05) is 0 Å². The quantitative estimate of drug-likeness (QED) is 0.522. The number of ether oxygens (including phenoxy) is 2. The molecule has 0 saturated carbocycles. The minimum atomic E-state index is -2.64. The number of fused-ring (bicyclic) bond motifs is 1. The van der Waals surface area contributed by atoms with Crippen molar-refractivity contribution in [3.63, 3.8) is 0 Å². The Kier molecular flexibility index (Phi) is 3.36. The SMILES string of the molecule is CO[C@@]1(F)[C@H](O)[C@@H](CO)O[C@H]1n1cnc2c(=O)nc(N)[nH]c21. The number of aromatic amines is 1. The number of halogens is 1. The molecular formula is C11H14FN5O5. The van der Waals surface area contributed by atoms with Crippen LogP contribution in [0.25, 0.3) is 11.2 Å². The van der Waals surface area contributed by atoms with E-state index in [4.69, 9.17) is 20.3 Å². The summed E-state index contributed by atoms with van der Waals surface area (Å²) in [5.74, 6) is -2.82. The molecule has 5 N–H and O–H groups in total. The van der Waals surface area contributed by atoms with Crippen LogP contribution in [0, 0.1) is 0 Å². The van der Waals surface area contributed by atoms with E-state index in [2.05, 4.69) is 15.0 Å². The van der Waals surface area contributed by atoms with Gasteiger partial charge in [0, 0.05) is 7.11 Å². The number of aliphatic hydroxyl groups excluding tert-OH is 2. The van der Waals surface area contributed by atoms with Crippen molar-refractivity contribution in [2.45, 2.75) is 24.3 Å². The number of aromatic nitrogens is 4. The summed E-state index contributed by atoms with van der Waals surface area (Å²) < 4.78 is 26.1. The number of methoxy groups -OCH3 is 1. The lowest BCUT2D eigenvalue weighted by molar-refractivity contribution is -0.214. The zero-order valence-corrected chi connectivity index (χ0v) is 11.4. The molecule has 120 valence electrons. The number of nitrogens with zero attached hydrogens (tertiary/aromatic N) is 3. The molecule has 2 aromatic heterocycles. The van der Waals surface area contributed by atoms with E-state index in [1.54, 1.807) is 0 Å². The lowest BCUT2D eigenvalue weighted by atomic mass is 10.1. The summed E-state index contributed by atoms with van der Waals surface area (Å²) in [6.07, 6.45) is -3.27. The van der Waals surface area contributed by atoms with Crippen molar-refractivity contribution in [2.24, 2.45) is 0 Å². The number of aliphatic hydroxyl groups is 2. The Balaban J connectivity index is 2.16. The van der Waals surface area contributed by atoms with Crippen molar-refractivity contribution >= 4 is 17.1 Å². The van der Waals surface area contributed by atoms with Gasteiger partial charge in [0.2, 0.25) is 5.95 Å². The van der Waals surface area contributed by atoms with E-state index in [-0.39, 0.29) is 17.1 Å². The zero-order chi connectivity index (χ0) is 16.1. The highest BCUT2D eigenvalue weighted by Crippen LogP contribution is 2.42. The number of rotatable bonds is 3. The van der Waals surface area contributed by atoms with Crippen molar-refractivity contribution in [2.75, 3.05) is 19.5 Å². The summed E-state index contributed by atoms with van der Waals surface area (Å²) in [5, 5.41) is 19.1. The average Bonchev–Trinajstić information content (AvgIpc) is 3.00. The molecule has 0 spiro atoms. The van der Waals surface area contributed by atoms with Crippen LogP contribution < -0.4 is 11.3 Å². The zero-order valence-electron chi connectivity index (χ0n) is 11.4. The summed E-state index contributed by atoms with van der Waals surface area (Å²) >= 11 is 0. The van der Waals surface area contributed by atoms with Crippen LogP contribution in [0.1, 0.15) is 6.23 Å². The van der Waals surface area contributed by atoms with Crippen LogP contribution in [0.4, 0.5) is 10.3 Å². The Bertz CT molecular complexity index is 763. The molecule has 22 heavy (non-hydrogen) atoms. The van der Waals surface area contributed by atoms with Crippen molar-refractivity contribution in [1.82, 2.24) is 19.5 Å². The van der Waals surface area contributed by atoms with Gasteiger partial charge in [-0.05, 0) is 0 Å². The molecule has 0 aliphatic carbocycles. The molecule has 0 aromatic carbocycles. The Labute approximate surface area is 122 Å². The van der Waals surface area contributed by atoms with E-state index < -0.39 is 36.5 Å². The number of imidazole rings is 1. The van der Waals surface area contributed by atoms with Crippen LogP contribution in [-0.4, -0.2) is 61.5 Å². The van der Waals surface area contributed by atoms with Gasteiger partial charge in [-0.2, -0.15) is 4.98 Å². The maximum Gasteiger partial charge on any atom is 0.302 e. The summed E-state index contributed by atoms with van der Waals surface area (Å²) in [4.78, 5) is 21.6. The van der Waals surface area contributed by atoms with Crippen molar-refractivity contribution in [3.05, 3.63) is 16.7 Å². The first-order valence-corrected chi connectivity index (χ1v) is 6.33. The predicted octanol–water partition coefficient (Wildman–Crippen LogP) is -1.74. The van der Waals surface area contributed by atoms with Gasteiger partial charge in [-0.3, -0.25) is 9.36 Å². The van der Waals surface area contributed by atoms with Crippen molar-refractivity contribution < 1.29 is 24.1 Å². The Morgan fingerprint density at radius 3 is 3.05 bits per heavy atom. The number of hydrogen-bond acceptors (Lipinski definition) is 8. The van der Waals surface area contributed by atoms with Gasteiger partial charge in [-0.25, -0.2) is 9.37 Å². The van der Waals surface area contributed by atoms with Gasteiger partial charge >= 0.3 is 5.56 Å². The van der Waals surface area contributed by atoms with Gasteiger partial charge in [-0.1, -0.05) is 0 Å². The van der Waals surface area contributed by atoms with Gasteiger partial charge in [0.15, 0.2) is 11.7 Å². The molecule has 1 aliphatic rings. The molecule has 3 rings (SSSR count). The number of nitrogens with one attached hydrogen (secondary N) is 1. The molecule has 1 saturated heterocycles. The minimum Gasteiger partial charge on any atom is -0.394 e. The third kappa shape index (κ3) is 1.90. The smallest absolute Gasteiger partial charge is 0.302 e. The Morgan fingerprint density at radius 1 is 1.68 bits per heavy atom. The lowest BCUT2D eigenvalue weighted by Crippen LogP contribution is -2.44. The fraction of sp³-hybridized carbons (Fsp3) is 0.545. The monoisotopic (exact) mass is 315 g/mol. The molecular weight excluding hydrogens is 301 g/mol. The van der Waals surface area contributed by atoms with Crippen LogP contribution in [-0.2, 0) is 9.47 Å². The first-order chi connectivity index (χ1) is 10.4. The van der Waals surface area contributed by atoms with Crippen LogP contribution in [0.2, 0.25) is 0 Å². The van der Waals surface area contributed by atoms with Gasteiger partial charge < -0.3 is 30.4 Å². The maximum atomic E-state index is 14.9. The molecule has 2 aromatic rings. The second kappa shape index (κ2) is 4.98. The first-order valence-electron chi connectivity index (χ1n) is 6.33. The molecule has 11 heteroatoms. The van der Waals surface area contributed by atoms with Crippen LogP contribution in [0.3, 0.4) is 0 Å². The van der Waals surface area contributed by atoms with Gasteiger partial charge in [0.1, 0.15) is 17.9 Å². The molecule has 0 unspecified atom stereocenters. The first kappa shape index (κ1) is 14.8. The fourth-order valence-corrected chi connectivity index (χ4v) is 2.48. The van der Waals surface area contributed by atoms with Crippen LogP contribution in [0.5, 0.6) is 0 Å². The second-order valence-electron chi connectivity index (χ2n) is 4.83. The molecule has 0 radical (unpaired) electrons. The number of nitrogen functional groups attached to an aromatic ring is 1. The average molecular weight is 315 g/mol. The molecule has 10 nitrogen and oxygen atoms in total. The van der Waals surface area contributed by atoms with Crippen molar-refractivity contribution in [1.29, 1.82) is 0 Å². The lowest BCUT2D eigenvalue weighted by Gasteiger charge is -2.27. The highest BCUT2D eigenvalue weighted by molar-refractivity contribution is 5.70. The molecule has 0 amide bonds. The Morgan fingerprint density at radius 2 is 2.41 bits per heavy atom. The highest BCUT2D eigenvalue weighted by Gasteiger charge is 2.59. The Hall–Kier alpha value is -2.08. The summed E-state index contributed by atoms with van der Waals surface area (Å²) in [6, 6.07) is 0. The van der Waals surface area contributed by atoms with Gasteiger partial charge in [0.05, 0.1) is 12.9 Å². The van der Waals surface area contributed by atoms with E-state index >= 15 is 0 Å². The topological polar surface area (TPSA) is 149 Å². The third-order valence-corrected chi connectivity index (χ3v) is 3.61. The second-order valence-corrected chi connectivity index (χ2v) is 4.83. The van der Waals surface area contributed by atoms with E-state index in [1.165, 1.54) is 0 Å². The standard InChI is InChI=1S/C11H14FN5O5/c1-21-11(12)6(19)4(2-18)22-9(11)17-3-14-5-7(17)15-10(13)16-8(5)20/h3-4,6,9,18-19H,2H2,1H3,(H3,13,15,16,20)/t4-,6-,9-,11+/m1/s1. The summed E-state index contributed by atoms with van der Waals surface area (Å²) in [5.41, 5.74) is 4.77. The molecule has 1 fully saturated rings. The van der Waals surface area contributed by atoms with Gasteiger partial charge in [-0.15, -0.1) is 0 Å². The molecule has 3 heterocycles. The number of anilines is 1. The highest BCUT2D eigenvalue weighted by atomic mass is 19.2. The van der Waals surface area contributed by atoms with E-state index in [0.29, 0.717) is 0 Å². The van der Waals surface area contributed by atoms with Crippen molar-refractivity contribution in [3.8, 4) is 0 Å².